The van der Waals surface area contributed by atoms with Crippen LogP contribution in [0.3, 0.4) is 0 Å². The third kappa shape index (κ3) is 33.3. The van der Waals surface area contributed by atoms with Crippen molar-refractivity contribution >= 4 is 0 Å². The van der Waals surface area contributed by atoms with Gasteiger partial charge in [0.15, 0.2) is 0 Å². The average molecular weight is 1960 g/mol. The molecule has 0 atom stereocenters. The van der Waals surface area contributed by atoms with Crippen molar-refractivity contribution in [1.82, 2.24) is 0 Å². The van der Waals surface area contributed by atoms with Crippen molar-refractivity contribution < 1.29 is 107 Å². The number of alkyl halides is 8. The number of rotatable bonds is 16. The Morgan fingerprint density at radius 3 is 0.771 bits per heavy atom. The molecule has 0 amide bonds. The molecule has 4 aliphatic carbocycles. The van der Waals surface area contributed by atoms with Crippen LogP contribution in [0.5, 0.6) is 23.0 Å². The molecule has 12 aromatic carbocycles. The maximum absolute atomic E-state index is 14.0. The fourth-order valence-electron chi connectivity index (χ4n) is 16.2. The van der Waals surface area contributed by atoms with Crippen LogP contribution in [-0.2, 0) is 12.2 Å². The molecule has 0 unspecified atom stereocenters. The second-order valence-corrected chi connectivity index (χ2v) is 37.8. The summed E-state index contributed by atoms with van der Waals surface area (Å²) >= 11 is 0. The van der Waals surface area contributed by atoms with Gasteiger partial charge in [0, 0.05) is 58.7 Å². The molecular formula is C116H124F20O4. The highest BCUT2D eigenvalue weighted by Gasteiger charge is 2.46. The van der Waals surface area contributed by atoms with E-state index in [0.29, 0.717) is 71.6 Å². The van der Waals surface area contributed by atoms with E-state index in [4.69, 9.17) is 4.74 Å². The summed E-state index contributed by atoms with van der Waals surface area (Å²) in [6.07, 6.45) is 0.413. The van der Waals surface area contributed by atoms with E-state index in [1.165, 1.54) is 162 Å². The van der Waals surface area contributed by atoms with Gasteiger partial charge in [-0.3, -0.25) is 0 Å². The van der Waals surface area contributed by atoms with Gasteiger partial charge in [-0.1, -0.05) is 211 Å². The topological polar surface area (TPSA) is 36.9 Å². The van der Waals surface area contributed by atoms with Crippen LogP contribution in [0.4, 0.5) is 87.8 Å². The van der Waals surface area contributed by atoms with E-state index in [9.17, 15) is 87.8 Å². The standard InChI is InChI=1S/C15H18F4O.C15H12F4O.C15H19F3O.C15H13F3O.C14H18F2.C14H12F2.C14H19F.C14H13F/c2*1-9-3-5-11(6-4-9)15(18,19)20-12-7-13(16)10(2)14(17)8-12;2*1-10-3-6-12(7-4-10)15(17,18)19-13-8-5-11(2)14(16)9-13;2*1-9-3-5-11(6-4-9)12-7-13(15)10(2)14(16)8-12;2*1-10-3-6-12(7-4-10)13-8-5-11(2)14(15)9-13/h7-9,11H,3-6H2,1-2H3;3-8H,1-2H3;5,8-10,12H,3-4,6-7H2,1-2H3;3-9H,1-2H3;7-9,11H,3-6H2,1-2H3;3-8H,1-2H3;5,8-10,12H,3-4,6-7H2,1-2H3;3-9H,1-2H3. The maximum Gasteiger partial charge on any atom is 0.426 e. The zero-order valence-corrected chi connectivity index (χ0v) is 81.9. The Morgan fingerprint density at radius 1 is 0.207 bits per heavy atom. The number of ether oxygens (including phenoxy) is 4. The van der Waals surface area contributed by atoms with Gasteiger partial charge in [-0.15, -0.1) is 0 Å². The summed E-state index contributed by atoms with van der Waals surface area (Å²) in [6, 6.07) is 54.2. The predicted octanol–water partition coefficient (Wildman–Crippen LogP) is 36.6. The first-order valence-electron chi connectivity index (χ1n) is 47.3. The molecule has 0 spiro atoms. The molecule has 0 heterocycles. The van der Waals surface area contributed by atoms with E-state index in [1.54, 1.807) is 58.9 Å². The van der Waals surface area contributed by atoms with Crippen molar-refractivity contribution in [2.24, 2.45) is 35.5 Å². The number of aryl methyl sites for hydroxylation is 8. The zero-order valence-electron chi connectivity index (χ0n) is 81.9. The molecule has 12 aromatic rings. The van der Waals surface area contributed by atoms with E-state index in [-0.39, 0.29) is 56.5 Å². The Balaban J connectivity index is 0.000000179. The van der Waals surface area contributed by atoms with E-state index in [1.807, 2.05) is 94.4 Å². The lowest BCUT2D eigenvalue weighted by Gasteiger charge is -2.32. The van der Waals surface area contributed by atoms with E-state index in [0.717, 1.165) is 131 Å². The molecule has 16 rings (SSSR count). The monoisotopic (exact) mass is 1960 g/mol. The highest BCUT2D eigenvalue weighted by Crippen LogP contribution is 2.45. The smallest absolute Gasteiger partial charge is 0.426 e. The lowest BCUT2D eigenvalue weighted by Crippen LogP contribution is -2.37. The number of hydrogen-bond donors (Lipinski definition) is 0. The Morgan fingerprint density at radius 2 is 0.436 bits per heavy atom. The highest BCUT2D eigenvalue weighted by molar-refractivity contribution is 5.65. The van der Waals surface area contributed by atoms with Gasteiger partial charge in [-0.25, -0.2) is 52.7 Å². The van der Waals surface area contributed by atoms with Gasteiger partial charge in [-0.2, -0.15) is 35.1 Å². The van der Waals surface area contributed by atoms with Crippen LogP contribution in [0, 0.1) is 188 Å². The fourth-order valence-corrected chi connectivity index (χ4v) is 16.2. The number of halogens is 20. The first-order chi connectivity index (χ1) is 65.8. The Labute approximate surface area is 810 Å². The molecule has 4 saturated carbocycles. The molecule has 4 aliphatic rings. The summed E-state index contributed by atoms with van der Waals surface area (Å²) in [5.74, 6) is -6.23. The van der Waals surface area contributed by atoms with Gasteiger partial charge in [0.05, 0.1) is 23.0 Å². The minimum Gasteiger partial charge on any atom is -0.432 e. The van der Waals surface area contributed by atoms with Gasteiger partial charge in [0.2, 0.25) is 0 Å². The van der Waals surface area contributed by atoms with E-state index >= 15 is 0 Å². The molecule has 0 aliphatic heterocycles. The normalized spacial score (nSPS) is 18.0. The van der Waals surface area contributed by atoms with Gasteiger partial charge >= 0.3 is 24.4 Å². The van der Waals surface area contributed by atoms with Crippen LogP contribution in [0.2, 0.25) is 0 Å². The number of benzene rings is 12. The molecule has 752 valence electrons. The van der Waals surface area contributed by atoms with Crippen molar-refractivity contribution in [2.75, 3.05) is 0 Å². The summed E-state index contributed by atoms with van der Waals surface area (Å²) < 4.78 is 290. The largest absolute Gasteiger partial charge is 0.432 e. The summed E-state index contributed by atoms with van der Waals surface area (Å²) in [5.41, 5.74) is 10.8. The molecule has 0 aromatic heterocycles. The molecule has 0 radical (unpaired) electrons. The quantitative estimate of drug-likeness (QED) is 0.0904. The van der Waals surface area contributed by atoms with Gasteiger partial charge in [0.25, 0.3) is 0 Å². The van der Waals surface area contributed by atoms with Crippen molar-refractivity contribution in [3.05, 3.63) is 377 Å². The van der Waals surface area contributed by atoms with Crippen molar-refractivity contribution in [3.63, 3.8) is 0 Å². The van der Waals surface area contributed by atoms with Crippen LogP contribution in [0.15, 0.2) is 218 Å². The highest BCUT2D eigenvalue weighted by atomic mass is 19.3. The first-order valence-corrected chi connectivity index (χ1v) is 47.3. The fraction of sp³-hybridized carbons (Fsp3) is 0.379. The Bertz CT molecular complexity index is 5900. The van der Waals surface area contributed by atoms with Crippen LogP contribution in [0.25, 0.3) is 22.3 Å². The first kappa shape index (κ1) is 112. The third-order valence-electron chi connectivity index (χ3n) is 26.2. The molecule has 0 N–H and O–H groups in total. The van der Waals surface area contributed by atoms with Crippen molar-refractivity contribution in [2.45, 2.75) is 250 Å². The van der Waals surface area contributed by atoms with Gasteiger partial charge in [0.1, 0.15) is 92.8 Å². The predicted molar refractivity (Wildman–Crippen MR) is 515 cm³/mol. The molecule has 0 bridgehead atoms. The van der Waals surface area contributed by atoms with Crippen LogP contribution < -0.4 is 18.9 Å². The lowest BCUT2D eigenvalue weighted by atomic mass is 9.79. The second kappa shape index (κ2) is 50.7. The van der Waals surface area contributed by atoms with Crippen LogP contribution >= 0.6 is 0 Å². The average Bonchev–Trinajstić information content (AvgIpc) is 0.812. The van der Waals surface area contributed by atoms with Gasteiger partial charge < -0.3 is 18.9 Å². The minimum atomic E-state index is -3.66. The molecule has 0 saturated heterocycles. The van der Waals surface area contributed by atoms with Crippen LogP contribution in [-0.4, -0.2) is 12.2 Å². The second-order valence-electron chi connectivity index (χ2n) is 37.8. The summed E-state index contributed by atoms with van der Waals surface area (Å²) in [5, 5.41) is 0. The Kier molecular flexibility index (Phi) is 40.6. The van der Waals surface area contributed by atoms with Crippen molar-refractivity contribution in [1.29, 1.82) is 0 Å². The number of hydrogen-bond acceptors (Lipinski definition) is 4. The summed E-state index contributed by atoms with van der Waals surface area (Å²) in [7, 11) is 0. The molecule has 140 heavy (non-hydrogen) atoms. The van der Waals surface area contributed by atoms with Crippen molar-refractivity contribution in [3.8, 4) is 45.3 Å². The third-order valence-corrected chi connectivity index (χ3v) is 26.2. The maximum atomic E-state index is 14.0. The summed E-state index contributed by atoms with van der Waals surface area (Å²) in [4.78, 5) is 0. The lowest BCUT2D eigenvalue weighted by molar-refractivity contribution is -0.224. The van der Waals surface area contributed by atoms with Crippen LogP contribution in [0.1, 0.15) is 231 Å². The summed E-state index contributed by atoms with van der Waals surface area (Å²) in [6.45, 7) is 28.3. The SMILES string of the molecule is Cc1c(F)cc(C2CCC(C)CC2)cc1F.Cc1c(F)cc(OC(F)(F)C2CCC(C)CC2)cc1F.Cc1ccc(-c2cc(F)c(C)c(F)c2)cc1.Cc1ccc(-c2ccc(C)c(F)c2)cc1.Cc1ccc(C(F)(F)Oc2cc(F)c(C)c(F)c2)cc1.Cc1ccc(C(F)(F)Oc2ccc(C)c(F)c2)cc1.Cc1ccc(C2CCC(C)CC2)cc1F.Cc1ccc(OC(F)(F)C2CCC(C)CC2)cc1F. The Hall–Kier alpha value is -11.6. The molecule has 24 heteroatoms. The van der Waals surface area contributed by atoms with E-state index in [2.05, 4.69) is 41.0 Å². The minimum absolute atomic E-state index is 0.0499. The van der Waals surface area contributed by atoms with E-state index < -0.39 is 106 Å². The molecular weight excluding hydrogens is 1840 g/mol. The molecule has 4 fully saturated rings. The molecule has 4 nitrogen and oxygen atoms in total. The zero-order chi connectivity index (χ0) is 103. The van der Waals surface area contributed by atoms with Gasteiger partial charge in [-0.05, 0) is 298 Å².